The van der Waals surface area contributed by atoms with Crippen LogP contribution in [0.25, 0.3) is 0 Å². The summed E-state index contributed by atoms with van der Waals surface area (Å²) in [6.45, 7) is 1.85. The van der Waals surface area contributed by atoms with Crippen molar-refractivity contribution in [2.24, 2.45) is 5.90 Å². The third kappa shape index (κ3) is 3.12. The van der Waals surface area contributed by atoms with Crippen molar-refractivity contribution < 1.29 is 4.84 Å². The number of hydrogen-bond acceptors (Lipinski definition) is 3. The van der Waals surface area contributed by atoms with Crippen LogP contribution in [-0.2, 0) is 4.84 Å². The molecular weight excluding hydrogens is 92.1 g/mol. The van der Waals surface area contributed by atoms with Crippen molar-refractivity contribution in [2.75, 3.05) is 7.05 Å². The minimum atomic E-state index is 0.905. The smallest absolute Gasteiger partial charge is 0.129 e. The lowest BCUT2D eigenvalue weighted by atomic mass is 10.6. The highest BCUT2D eigenvalue weighted by Gasteiger charge is 1.75. The molecule has 3 heteroatoms. The number of nitrogens with two attached hydrogens (primary N) is 1. The Morgan fingerprint density at radius 3 is 2.57 bits per heavy atom. The van der Waals surface area contributed by atoms with Crippen molar-refractivity contribution in [3.8, 4) is 0 Å². The van der Waals surface area contributed by atoms with Gasteiger partial charge in [0.2, 0.25) is 0 Å². The summed E-state index contributed by atoms with van der Waals surface area (Å²) in [7, 11) is 1.80. The summed E-state index contributed by atoms with van der Waals surface area (Å²) >= 11 is 0. The molecule has 7 heavy (non-hydrogen) atoms. The lowest BCUT2D eigenvalue weighted by Crippen LogP contribution is -2.03. The normalized spacial score (nSPS) is 11.0. The van der Waals surface area contributed by atoms with Crippen LogP contribution in [0, 0.1) is 0 Å². The van der Waals surface area contributed by atoms with Crippen molar-refractivity contribution in [3.05, 3.63) is 12.0 Å². The monoisotopic (exact) mass is 102 g/mol. The number of rotatable bonds is 2. The van der Waals surface area contributed by atoms with Crippen LogP contribution in [0.4, 0.5) is 0 Å². The van der Waals surface area contributed by atoms with Crippen molar-refractivity contribution in [1.29, 1.82) is 0 Å². The van der Waals surface area contributed by atoms with Crippen LogP contribution in [0.5, 0.6) is 0 Å². The Morgan fingerprint density at radius 1 is 1.86 bits per heavy atom. The molecule has 3 N–H and O–H groups in total. The van der Waals surface area contributed by atoms with E-state index in [1.165, 1.54) is 6.26 Å². The maximum Gasteiger partial charge on any atom is 0.129 e. The van der Waals surface area contributed by atoms with E-state index in [9.17, 15) is 0 Å². The van der Waals surface area contributed by atoms with Crippen LogP contribution >= 0.6 is 0 Å². The second kappa shape index (κ2) is 3.49. The first-order chi connectivity index (χ1) is 3.31. The average molecular weight is 102 g/mol. The summed E-state index contributed by atoms with van der Waals surface area (Å²) in [6.07, 6.45) is 1.43. The van der Waals surface area contributed by atoms with Gasteiger partial charge in [-0.2, -0.15) is 5.90 Å². The predicted molar refractivity (Wildman–Crippen MR) is 28.1 cm³/mol. The highest BCUT2D eigenvalue weighted by Crippen LogP contribution is 1.79. The van der Waals surface area contributed by atoms with Gasteiger partial charge in [0.05, 0.1) is 0 Å². The first-order valence-electron chi connectivity index (χ1n) is 2.01. The Kier molecular flexibility index (Phi) is 3.14. The largest absolute Gasteiger partial charge is 0.418 e. The van der Waals surface area contributed by atoms with Crippen molar-refractivity contribution >= 4 is 0 Å². The average Bonchev–Trinajstić information content (AvgIpc) is 1.68. The molecule has 0 aromatic carbocycles. The molecule has 3 nitrogen and oxygen atoms in total. The van der Waals surface area contributed by atoms with Gasteiger partial charge < -0.3 is 10.2 Å². The van der Waals surface area contributed by atoms with Crippen molar-refractivity contribution in [2.45, 2.75) is 6.92 Å². The zero-order valence-corrected chi connectivity index (χ0v) is 4.56. The minimum Gasteiger partial charge on any atom is -0.418 e. The standard InChI is InChI=1S/C4H10N2O/c1-4(6-2)3-7-5/h3,6H,5H2,1-2H3/b4-3-. The van der Waals surface area contributed by atoms with Crippen LogP contribution in [0.1, 0.15) is 6.92 Å². The Morgan fingerprint density at radius 2 is 2.43 bits per heavy atom. The van der Waals surface area contributed by atoms with Gasteiger partial charge in [0, 0.05) is 12.7 Å². The third-order valence-electron chi connectivity index (χ3n) is 0.639. The van der Waals surface area contributed by atoms with Crippen LogP contribution in [-0.4, -0.2) is 7.05 Å². The van der Waals surface area contributed by atoms with Crippen LogP contribution < -0.4 is 11.2 Å². The second-order valence-electron chi connectivity index (χ2n) is 1.19. The molecule has 42 valence electrons. The molecule has 0 aliphatic carbocycles. The molecular formula is C4H10N2O. The van der Waals surface area contributed by atoms with Gasteiger partial charge in [0.1, 0.15) is 6.26 Å². The van der Waals surface area contributed by atoms with Gasteiger partial charge in [-0.15, -0.1) is 0 Å². The van der Waals surface area contributed by atoms with Gasteiger partial charge in [-0.3, -0.25) is 0 Å². The fourth-order valence-electron chi connectivity index (χ4n) is 0.161. The lowest BCUT2D eigenvalue weighted by Gasteiger charge is -1.94. The molecule has 0 unspecified atom stereocenters. The van der Waals surface area contributed by atoms with E-state index >= 15 is 0 Å². The summed E-state index contributed by atoms with van der Waals surface area (Å²) < 4.78 is 0. The first kappa shape index (κ1) is 6.30. The van der Waals surface area contributed by atoms with E-state index in [4.69, 9.17) is 0 Å². The molecule has 0 bridgehead atoms. The molecule has 0 rings (SSSR count). The predicted octanol–water partition coefficient (Wildman–Crippen LogP) is -0.0426. The van der Waals surface area contributed by atoms with Gasteiger partial charge >= 0.3 is 0 Å². The van der Waals surface area contributed by atoms with Gasteiger partial charge in [-0.1, -0.05) is 0 Å². The molecule has 0 saturated carbocycles. The summed E-state index contributed by atoms with van der Waals surface area (Å²) in [4.78, 5) is 4.17. The summed E-state index contributed by atoms with van der Waals surface area (Å²) in [6, 6.07) is 0. The molecule has 0 heterocycles. The van der Waals surface area contributed by atoms with E-state index in [-0.39, 0.29) is 0 Å². The van der Waals surface area contributed by atoms with Gasteiger partial charge in [-0.25, -0.2) is 0 Å². The maximum absolute atomic E-state index is 4.69. The quantitative estimate of drug-likeness (QED) is 0.380. The van der Waals surface area contributed by atoms with Crippen molar-refractivity contribution in [1.82, 2.24) is 5.32 Å². The molecule has 0 spiro atoms. The maximum atomic E-state index is 4.69. The second-order valence-corrected chi connectivity index (χ2v) is 1.19. The van der Waals surface area contributed by atoms with Crippen LogP contribution in [0.3, 0.4) is 0 Å². The number of nitrogens with one attached hydrogen (secondary N) is 1. The third-order valence-corrected chi connectivity index (χ3v) is 0.639. The fraction of sp³-hybridized carbons (Fsp3) is 0.500. The van der Waals surface area contributed by atoms with E-state index in [0.717, 1.165) is 5.70 Å². The van der Waals surface area contributed by atoms with E-state index in [1.54, 1.807) is 7.05 Å². The zero-order valence-electron chi connectivity index (χ0n) is 4.56. The first-order valence-corrected chi connectivity index (χ1v) is 2.01. The highest BCUT2D eigenvalue weighted by atomic mass is 16.6. The van der Waals surface area contributed by atoms with Crippen LogP contribution in [0.15, 0.2) is 12.0 Å². The Bertz CT molecular complexity index is 70.1. The molecule has 0 amide bonds. The molecule has 0 fully saturated rings. The highest BCUT2D eigenvalue weighted by molar-refractivity contribution is 4.86. The van der Waals surface area contributed by atoms with Gasteiger partial charge in [0.15, 0.2) is 0 Å². The molecule has 0 saturated heterocycles. The van der Waals surface area contributed by atoms with E-state index in [0.29, 0.717) is 0 Å². The van der Waals surface area contributed by atoms with E-state index in [1.807, 2.05) is 6.92 Å². The summed E-state index contributed by atoms with van der Waals surface area (Å²) in [5, 5.41) is 2.82. The van der Waals surface area contributed by atoms with E-state index in [2.05, 4.69) is 16.1 Å². The Hall–Kier alpha value is -0.700. The van der Waals surface area contributed by atoms with Gasteiger partial charge in [0.25, 0.3) is 0 Å². The van der Waals surface area contributed by atoms with E-state index < -0.39 is 0 Å². The lowest BCUT2D eigenvalue weighted by molar-refractivity contribution is 0.256. The molecule has 0 aliphatic rings. The molecule has 0 aromatic heterocycles. The number of hydrogen-bond donors (Lipinski definition) is 2. The molecule has 0 aromatic rings. The van der Waals surface area contributed by atoms with Gasteiger partial charge in [-0.05, 0) is 6.92 Å². The summed E-state index contributed by atoms with van der Waals surface area (Å²) in [5.41, 5.74) is 0.905. The van der Waals surface area contributed by atoms with Crippen LogP contribution in [0.2, 0.25) is 0 Å². The topological polar surface area (TPSA) is 47.3 Å². The Balaban J connectivity index is 3.29. The minimum absolute atomic E-state index is 0.905. The van der Waals surface area contributed by atoms with Crippen molar-refractivity contribution in [3.63, 3.8) is 0 Å². The fourth-order valence-corrected chi connectivity index (χ4v) is 0.161. The number of allylic oxidation sites excluding steroid dienone is 1. The zero-order chi connectivity index (χ0) is 5.70. The molecule has 0 aliphatic heterocycles. The molecule has 0 radical (unpaired) electrons. The molecule has 0 atom stereocenters. The summed E-state index contributed by atoms with van der Waals surface area (Å²) in [5.74, 6) is 4.69. The Labute approximate surface area is 43.1 Å². The SMILES string of the molecule is CN/C(C)=C\ON.